The Hall–Kier alpha value is -0.690. The number of nitrogens with zero attached hydrogens (tertiary/aromatic N) is 1. The van der Waals surface area contributed by atoms with E-state index in [1.54, 1.807) is 11.3 Å². The second kappa shape index (κ2) is 5.75. The molecule has 0 bridgehead atoms. The van der Waals surface area contributed by atoms with E-state index in [1.807, 2.05) is 25.1 Å². The fourth-order valence-electron chi connectivity index (χ4n) is 2.00. The fourth-order valence-corrected chi connectivity index (χ4v) is 3.77. The minimum Gasteiger partial charge on any atom is -0.286 e. The summed E-state index contributed by atoms with van der Waals surface area (Å²) in [5.74, 6) is -0.185. The van der Waals surface area contributed by atoms with Gasteiger partial charge in [0.25, 0.3) is 10.1 Å². The van der Waals surface area contributed by atoms with Crippen LogP contribution < -0.4 is 4.57 Å². The normalized spacial score (nSPS) is 12.2. The zero-order valence-electron chi connectivity index (χ0n) is 10.5. The monoisotopic (exact) mass is 320 g/mol. The van der Waals surface area contributed by atoms with Crippen LogP contribution in [0.2, 0.25) is 5.02 Å². The molecular weight excluding hydrogens is 306 g/mol. The molecule has 0 radical (unpaired) electrons. The van der Waals surface area contributed by atoms with Gasteiger partial charge in [-0.1, -0.05) is 22.9 Å². The number of fused-ring (bicyclic) bond motifs is 1. The number of hydrogen-bond acceptors (Lipinski definition) is 3. The van der Waals surface area contributed by atoms with Crippen LogP contribution in [0.1, 0.15) is 17.8 Å². The topological polar surface area (TPSA) is 58.2 Å². The minimum absolute atomic E-state index is 0.185. The number of halogens is 1. The van der Waals surface area contributed by atoms with Gasteiger partial charge in [0.05, 0.1) is 5.75 Å². The van der Waals surface area contributed by atoms with E-state index in [9.17, 15) is 8.42 Å². The first-order chi connectivity index (χ1) is 8.87. The highest BCUT2D eigenvalue weighted by atomic mass is 35.5. The quantitative estimate of drug-likeness (QED) is 0.523. The van der Waals surface area contributed by atoms with Crippen LogP contribution in [0.15, 0.2) is 18.2 Å². The molecule has 0 saturated carbocycles. The molecule has 0 atom stereocenters. The maximum absolute atomic E-state index is 10.6. The number of thiazole rings is 1. The van der Waals surface area contributed by atoms with Gasteiger partial charge in [0, 0.05) is 24.4 Å². The second-order valence-corrected chi connectivity index (χ2v) is 7.62. The third-order valence-corrected chi connectivity index (χ3v) is 5.00. The van der Waals surface area contributed by atoms with E-state index in [0.29, 0.717) is 17.9 Å². The summed E-state index contributed by atoms with van der Waals surface area (Å²) < 4.78 is 33.3. The van der Waals surface area contributed by atoms with Crippen molar-refractivity contribution in [1.29, 1.82) is 0 Å². The number of aryl methyl sites for hydroxylation is 2. The van der Waals surface area contributed by atoms with Gasteiger partial charge in [-0.15, -0.1) is 0 Å². The van der Waals surface area contributed by atoms with Gasteiger partial charge in [0.2, 0.25) is 10.5 Å². The number of hydrogen-bond donors (Lipinski definition) is 1. The molecule has 0 aliphatic carbocycles. The third-order valence-electron chi connectivity index (χ3n) is 2.88. The summed E-state index contributed by atoms with van der Waals surface area (Å²) in [7, 11) is -3.85. The molecular formula is C12H15ClNO3S2+. The van der Waals surface area contributed by atoms with Crippen LogP contribution in [0.25, 0.3) is 10.2 Å². The fraction of sp³-hybridized carbons (Fsp3) is 0.417. The van der Waals surface area contributed by atoms with Crippen molar-refractivity contribution in [1.82, 2.24) is 0 Å². The molecule has 19 heavy (non-hydrogen) atoms. The van der Waals surface area contributed by atoms with Crippen LogP contribution in [0, 0.1) is 6.92 Å². The molecule has 0 aliphatic heterocycles. The SMILES string of the molecule is Cc1sc2ccc(Cl)cc2[n+]1CCCCS(=O)(=O)O. The number of unbranched alkanes of at least 4 members (excludes halogenated alkanes) is 1. The highest BCUT2D eigenvalue weighted by Crippen LogP contribution is 2.23. The molecule has 0 saturated heterocycles. The van der Waals surface area contributed by atoms with Crippen molar-refractivity contribution in [2.45, 2.75) is 26.3 Å². The summed E-state index contributed by atoms with van der Waals surface area (Å²) in [4.78, 5) is 0. The van der Waals surface area contributed by atoms with E-state index < -0.39 is 10.1 Å². The Balaban J connectivity index is 2.12. The number of aromatic nitrogens is 1. The minimum atomic E-state index is -3.85. The predicted molar refractivity (Wildman–Crippen MR) is 77.4 cm³/mol. The molecule has 0 amide bonds. The number of benzene rings is 1. The van der Waals surface area contributed by atoms with Crippen LogP contribution in [-0.4, -0.2) is 18.7 Å². The summed E-state index contributed by atoms with van der Waals surface area (Å²) in [5, 5.41) is 1.85. The largest absolute Gasteiger partial charge is 0.286 e. The molecule has 1 N–H and O–H groups in total. The van der Waals surface area contributed by atoms with Crippen molar-refractivity contribution >= 4 is 43.3 Å². The Bertz CT molecular complexity index is 694. The van der Waals surface area contributed by atoms with Crippen LogP contribution in [-0.2, 0) is 16.7 Å². The van der Waals surface area contributed by atoms with Crippen molar-refractivity contribution < 1.29 is 17.5 Å². The Morgan fingerprint density at radius 3 is 2.79 bits per heavy atom. The van der Waals surface area contributed by atoms with Crippen molar-refractivity contribution in [3.05, 3.63) is 28.2 Å². The smallest absolute Gasteiger partial charge is 0.264 e. The molecule has 7 heteroatoms. The van der Waals surface area contributed by atoms with Crippen LogP contribution in [0.4, 0.5) is 0 Å². The lowest BCUT2D eigenvalue weighted by Gasteiger charge is -1.98. The maximum atomic E-state index is 10.6. The third kappa shape index (κ3) is 3.89. The summed E-state index contributed by atoms with van der Waals surface area (Å²) in [6, 6.07) is 5.77. The lowest BCUT2D eigenvalue weighted by Crippen LogP contribution is -2.35. The molecule has 1 heterocycles. The van der Waals surface area contributed by atoms with Gasteiger partial charge in [-0.2, -0.15) is 13.0 Å². The van der Waals surface area contributed by atoms with Crippen LogP contribution in [0.3, 0.4) is 0 Å². The average molecular weight is 321 g/mol. The first-order valence-corrected chi connectivity index (χ1v) is 8.71. The molecule has 2 aromatic rings. The van der Waals surface area contributed by atoms with Crippen LogP contribution in [0.5, 0.6) is 0 Å². The maximum Gasteiger partial charge on any atom is 0.264 e. The first-order valence-electron chi connectivity index (χ1n) is 5.90. The first kappa shape index (κ1) is 14.7. The molecule has 1 aromatic heterocycles. The standard InChI is InChI=1S/C12H14ClNO3S2/c1-9-14(6-2-3-7-19(15,16)17)11-8-10(13)4-5-12(11)18-9/h4-5,8H,2-3,6-7H2,1H3/p+1. The molecule has 0 unspecified atom stereocenters. The van der Waals surface area contributed by atoms with Gasteiger partial charge in [0.1, 0.15) is 11.2 Å². The summed E-state index contributed by atoms with van der Waals surface area (Å²) >= 11 is 7.69. The predicted octanol–water partition coefficient (Wildman–Crippen LogP) is 2.82. The average Bonchev–Trinajstić information content (AvgIpc) is 2.59. The van der Waals surface area contributed by atoms with Gasteiger partial charge >= 0.3 is 0 Å². The molecule has 2 rings (SSSR count). The zero-order valence-corrected chi connectivity index (χ0v) is 12.9. The molecule has 0 fully saturated rings. The highest BCUT2D eigenvalue weighted by molar-refractivity contribution is 7.85. The summed E-state index contributed by atoms with van der Waals surface area (Å²) in [6.45, 7) is 2.75. The van der Waals surface area contributed by atoms with Crippen molar-refractivity contribution in [2.75, 3.05) is 5.75 Å². The van der Waals surface area contributed by atoms with E-state index in [-0.39, 0.29) is 5.75 Å². The molecule has 0 spiro atoms. The summed E-state index contributed by atoms with van der Waals surface area (Å²) in [6.07, 6.45) is 1.15. The number of rotatable bonds is 5. The molecule has 4 nitrogen and oxygen atoms in total. The molecule has 0 aliphatic rings. The highest BCUT2D eigenvalue weighted by Gasteiger charge is 2.17. The Morgan fingerprint density at radius 2 is 2.11 bits per heavy atom. The van der Waals surface area contributed by atoms with Gasteiger partial charge < -0.3 is 0 Å². The molecule has 104 valence electrons. The van der Waals surface area contributed by atoms with Gasteiger partial charge in [0.15, 0.2) is 0 Å². The van der Waals surface area contributed by atoms with E-state index in [1.165, 1.54) is 0 Å². The molecule has 1 aromatic carbocycles. The van der Waals surface area contributed by atoms with Crippen LogP contribution >= 0.6 is 22.9 Å². The van der Waals surface area contributed by atoms with Crippen molar-refractivity contribution in [3.8, 4) is 0 Å². The van der Waals surface area contributed by atoms with Crippen molar-refractivity contribution in [3.63, 3.8) is 0 Å². The van der Waals surface area contributed by atoms with Gasteiger partial charge in [-0.3, -0.25) is 4.55 Å². The Kier molecular flexibility index (Phi) is 4.45. The van der Waals surface area contributed by atoms with Gasteiger partial charge in [-0.25, -0.2) is 0 Å². The van der Waals surface area contributed by atoms with Crippen molar-refractivity contribution in [2.24, 2.45) is 0 Å². The Morgan fingerprint density at radius 1 is 1.37 bits per heavy atom. The Labute approximate surface area is 121 Å². The van der Waals surface area contributed by atoms with E-state index in [4.69, 9.17) is 16.2 Å². The van der Waals surface area contributed by atoms with E-state index >= 15 is 0 Å². The lowest BCUT2D eigenvalue weighted by atomic mass is 10.3. The van der Waals surface area contributed by atoms with E-state index in [0.717, 1.165) is 21.8 Å². The second-order valence-electron chi connectivity index (χ2n) is 4.38. The van der Waals surface area contributed by atoms with E-state index in [2.05, 4.69) is 4.57 Å². The lowest BCUT2D eigenvalue weighted by molar-refractivity contribution is -0.673. The van der Waals surface area contributed by atoms with Gasteiger partial charge in [-0.05, 0) is 18.6 Å². The summed E-state index contributed by atoms with van der Waals surface area (Å²) in [5.41, 5.74) is 1.07. The zero-order chi connectivity index (χ0) is 14.0.